The van der Waals surface area contributed by atoms with Crippen LogP contribution in [-0.2, 0) is 6.42 Å². The van der Waals surface area contributed by atoms with E-state index in [1.807, 2.05) is 18.4 Å². The average molecular weight is 357 g/mol. The van der Waals surface area contributed by atoms with Crippen LogP contribution in [-0.4, -0.2) is 11.5 Å². The molecular weight excluding hydrogens is 339 g/mol. The maximum absolute atomic E-state index is 14.1. The van der Waals surface area contributed by atoms with E-state index < -0.39 is 0 Å². The summed E-state index contributed by atoms with van der Waals surface area (Å²) in [5, 5.41) is 6.49. The summed E-state index contributed by atoms with van der Waals surface area (Å²) < 4.78 is 15.0. The number of aryl methyl sites for hydroxylation is 1. The Morgan fingerprint density at radius 1 is 1.45 bits per heavy atom. The smallest absolute Gasteiger partial charge is 0.129 e. The fraction of sp³-hybridized carbons (Fsp3) is 0.400. The molecular formula is C15H18BrFN2S. The zero-order valence-electron chi connectivity index (χ0n) is 11.6. The Kier molecular flexibility index (Phi) is 5.69. The van der Waals surface area contributed by atoms with Crippen molar-refractivity contribution in [2.45, 2.75) is 32.7 Å². The number of rotatable bonds is 6. The highest BCUT2D eigenvalue weighted by molar-refractivity contribution is 9.10. The van der Waals surface area contributed by atoms with Crippen LogP contribution in [0.25, 0.3) is 0 Å². The third kappa shape index (κ3) is 3.87. The molecule has 20 heavy (non-hydrogen) atoms. The molecule has 0 saturated heterocycles. The summed E-state index contributed by atoms with van der Waals surface area (Å²) >= 11 is 5.09. The Hall–Kier alpha value is -0.780. The number of nitrogens with one attached hydrogen (secondary N) is 1. The number of hydrogen-bond donors (Lipinski definition) is 1. The normalized spacial score (nSPS) is 12.6. The first kappa shape index (κ1) is 15.6. The summed E-state index contributed by atoms with van der Waals surface area (Å²) in [4.78, 5) is 4.48. The van der Waals surface area contributed by atoms with Crippen molar-refractivity contribution in [3.05, 3.63) is 50.1 Å². The van der Waals surface area contributed by atoms with Gasteiger partial charge in [-0.1, -0.05) is 28.9 Å². The van der Waals surface area contributed by atoms with E-state index >= 15 is 0 Å². The largest absolute Gasteiger partial charge is 0.309 e. The molecule has 2 rings (SSSR count). The minimum Gasteiger partial charge on any atom is -0.309 e. The van der Waals surface area contributed by atoms with Crippen molar-refractivity contribution in [1.29, 1.82) is 0 Å². The molecule has 1 heterocycles. The first-order valence-corrected chi connectivity index (χ1v) is 8.37. The zero-order valence-corrected chi connectivity index (χ0v) is 14.0. The highest BCUT2D eigenvalue weighted by Gasteiger charge is 2.19. The summed E-state index contributed by atoms with van der Waals surface area (Å²) in [5.41, 5.74) is 1.71. The van der Waals surface area contributed by atoms with Crippen molar-refractivity contribution in [1.82, 2.24) is 10.3 Å². The van der Waals surface area contributed by atoms with Crippen molar-refractivity contribution in [3.8, 4) is 0 Å². The highest BCUT2D eigenvalue weighted by atomic mass is 79.9. The van der Waals surface area contributed by atoms with Crippen LogP contribution in [0.15, 0.2) is 28.1 Å². The van der Waals surface area contributed by atoms with Crippen molar-refractivity contribution >= 4 is 27.3 Å². The van der Waals surface area contributed by atoms with E-state index in [4.69, 9.17) is 0 Å². The van der Waals surface area contributed by atoms with Crippen LogP contribution in [0.2, 0.25) is 0 Å². The van der Waals surface area contributed by atoms with Crippen LogP contribution in [0.4, 0.5) is 4.39 Å². The Labute approximate surface area is 131 Å². The molecule has 2 nitrogen and oxygen atoms in total. The third-order valence-corrected chi connectivity index (χ3v) is 4.71. The van der Waals surface area contributed by atoms with Crippen LogP contribution in [0.1, 0.15) is 35.7 Å². The second-order valence-electron chi connectivity index (χ2n) is 4.73. The molecule has 1 N–H and O–H groups in total. The Bertz CT molecular complexity index is 551. The topological polar surface area (TPSA) is 24.9 Å². The predicted molar refractivity (Wildman–Crippen MR) is 85.7 cm³/mol. The van der Waals surface area contributed by atoms with Gasteiger partial charge in [-0.05, 0) is 32.0 Å². The fourth-order valence-electron chi connectivity index (χ4n) is 2.11. The third-order valence-electron chi connectivity index (χ3n) is 3.03. The van der Waals surface area contributed by atoms with E-state index in [0.29, 0.717) is 12.0 Å². The first-order chi connectivity index (χ1) is 9.61. The standard InChI is InChI=1S/C15H18BrFN2S/c1-3-7-18-13(8-14-19-10(2)9-20-14)15-11(16)5-4-6-12(15)17/h4-6,9,13,18H,3,7-8H2,1-2H3. The molecule has 0 aliphatic carbocycles. The minimum atomic E-state index is -0.179. The van der Waals surface area contributed by atoms with E-state index in [1.54, 1.807) is 17.4 Å². The van der Waals surface area contributed by atoms with Gasteiger partial charge in [-0.25, -0.2) is 9.37 Å². The van der Waals surface area contributed by atoms with Crippen molar-refractivity contribution in [2.75, 3.05) is 6.54 Å². The van der Waals surface area contributed by atoms with Crippen LogP contribution in [0.5, 0.6) is 0 Å². The SMILES string of the molecule is CCCNC(Cc1nc(C)cs1)c1c(F)cccc1Br. The van der Waals surface area contributed by atoms with Crippen LogP contribution < -0.4 is 5.32 Å². The Morgan fingerprint density at radius 2 is 2.25 bits per heavy atom. The molecule has 0 saturated carbocycles. The lowest BCUT2D eigenvalue weighted by Crippen LogP contribution is -2.25. The molecule has 1 aromatic heterocycles. The highest BCUT2D eigenvalue weighted by Crippen LogP contribution is 2.29. The number of aromatic nitrogens is 1. The number of benzene rings is 1. The Morgan fingerprint density at radius 3 is 2.85 bits per heavy atom. The fourth-order valence-corrected chi connectivity index (χ4v) is 3.55. The van der Waals surface area contributed by atoms with Crippen LogP contribution >= 0.6 is 27.3 Å². The monoisotopic (exact) mass is 356 g/mol. The molecule has 1 atom stereocenters. The van der Waals surface area contributed by atoms with E-state index in [-0.39, 0.29) is 11.9 Å². The number of nitrogens with zero attached hydrogens (tertiary/aromatic N) is 1. The lowest BCUT2D eigenvalue weighted by atomic mass is 10.0. The zero-order chi connectivity index (χ0) is 14.5. The van der Waals surface area contributed by atoms with Gasteiger partial charge in [-0.3, -0.25) is 0 Å². The summed E-state index contributed by atoms with van der Waals surface area (Å²) in [6.07, 6.45) is 1.72. The molecule has 0 aliphatic heterocycles. The molecule has 0 spiro atoms. The van der Waals surface area contributed by atoms with E-state index in [2.05, 4.69) is 33.2 Å². The number of halogens is 2. The molecule has 1 unspecified atom stereocenters. The van der Waals surface area contributed by atoms with Gasteiger partial charge in [0.1, 0.15) is 5.82 Å². The second kappa shape index (κ2) is 7.29. The molecule has 5 heteroatoms. The molecule has 0 aliphatic rings. The number of hydrogen-bond acceptors (Lipinski definition) is 3. The molecule has 0 bridgehead atoms. The first-order valence-electron chi connectivity index (χ1n) is 6.70. The van der Waals surface area contributed by atoms with E-state index in [1.165, 1.54) is 6.07 Å². The van der Waals surface area contributed by atoms with Crippen LogP contribution in [0, 0.1) is 12.7 Å². The van der Waals surface area contributed by atoms with Gasteiger partial charge < -0.3 is 5.32 Å². The summed E-state index contributed by atoms with van der Waals surface area (Å²) in [7, 11) is 0. The number of thiazole rings is 1. The summed E-state index contributed by atoms with van der Waals surface area (Å²) in [6, 6.07) is 5.05. The maximum Gasteiger partial charge on any atom is 0.129 e. The molecule has 108 valence electrons. The molecule has 1 aromatic carbocycles. The van der Waals surface area contributed by atoms with Crippen molar-refractivity contribution in [2.24, 2.45) is 0 Å². The molecule has 0 fully saturated rings. The van der Waals surface area contributed by atoms with Gasteiger partial charge in [0.25, 0.3) is 0 Å². The van der Waals surface area contributed by atoms with Gasteiger partial charge in [0.05, 0.1) is 5.01 Å². The average Bonchev–Trinajstić information content (AvgIpc) is 2.81. The van der Waals surface area contributed by atoms with Gasteiger partial charge in [0, 0.05) is 33.6 Å². The van der Waals surface area contributed by atoms with Crippen molar-refractivity contribution < 1.29 is 4.39 Å². The van der Waals surface area contributed by atoms with Gasteiger partial charge in [0.2, 0.25) is 0 Å². The quantitative estimate of drug-likeness (QED) is 0.815. The molecule has 0 radical (unpaired) electrons. The van der Waals surface area contributed by atoms with Crippen LogP contribution in [0.3, 0.4) is 0 Å². The van der Waals surface area contributed by atoms with Crippen molar-refractivity contribution in [3.63, 3.8) is 0 Å². The second-order valence-corrected chi connectivity index (χ2v) is 6.53. The van der Waals surface area contributed by atoms with E-state index in [0.717, 1.165) is 28.1 Å². The lowest BCUT2D eigenvalue weighted by molar-refractivity contribution is 0.494. The van der Waals surface area contributed by atoms with Gasteiger partial charge in [-0.2, -0.15) is 0 Å². The van der Waals surface area contributed by atoms with Gasteiger partial charge in [0.15, 0.2) is 0 Å². The van der Waals surface area contributed by atoms with E-state index in [9.17, 15) is 4.39 Å². The lowest BCUT2D eigenvalue weighted by Gasteiger charge is -2.20. The molecule has 0 amide bonds. The maximum atomic E-state index is 14.1. The summed E-state index contributed by atoms with van der Waals surface area (Å²) in [5.74, 6) is -0.179. The van der Waals surface area contributed by atoms with Gasteiger partial charge in [-0.15, -0.1) is 11.3 Å². The van der Waals surface area contributed by atoms with Gasteiger partial charge >= 0.3 is 0 Å². The Balaban J connectivity index is 2.27. The molecule has 2 aromatic rings. The summed E-state index contributed by atoms with van der Waals surface area (Å²) in [6.45, 7) is 4.94. The minimum absolute atomic E-state index is 0.0592. The predicted octanol–water partition coefficient (Wildman–Crippen LogP) is 4.64.